The van der Waals surface area contributed by atoms with Crippen LogP contribution in [-0.4, -0.2) is 12.3 Å². The summed E-state index contributed by atoms with van der Waals surface area (Å²) in [6.45, 7) is 0.688. The Bertz CT molecular complexity index is 563. The first-order chi connectivity index (χ1) is 9.16. The molecule has 0 aromatic heterocycles. The first-order valence-corrected chi connectivity index (χ1v) is 7.09. The Morgan fingerprint density at radius 3 is 2.58 bits per heavy atom. The third-order valence-corrected chi connectivity index (χ3v) is 3.78. The van der Waals surface area contributed by atoms with E-state index in [0.717, 1.165) is 17.5 Å². The average Bonchev–Trinajstić information content (AvgIpc) is 2.40. The lowest BCUT2D eigenvalue weighted by atomic mass is 10.3. The van der Waals surface area contributed by atoms with Gasteiger partial charge in [-0.15, -0.1) is 11.8 Å². The van der Waals surface area contributed by atoms with E-state index >= 15 is 0 Å². The summed E-state index contributed by atoms with van der Waals surface area (Å²) in [7, 11) is 0. The normalized spacial score (nSPS) is 10.5. The average molecular weight is 300 g/mol. The van der Waals surface area contributed by atoms with Crippen LogP contribution in [0, 0.1) is 11.6 Å². The minimum Gasteiger partial charge on any atom is -0.383 e. The Labute approximate surface area is 120 Å². The SMILES string of the molecule is Fc1ccc(SCCNc2ccccc2Cl)cc1F. The molecule has 0 aliphatic carbocycles. The highest BCUT2D eigenvalue weighted by molar-refractivity contribution is 7.99. The maximum Gasteiger partial charge on any atom is 0.159 e. The van der Waals surface area contributed by atoms with Crippen LogP contribution in [0.2, 0.25) is 5.02 Å². The Morgan fingerprint density at radius 2 is 1.84 bits per heavy atom. The summed E-state index contributed by atoms with van der Waals surface area (Å²) in [6, 6.07) is 11.4. The molecule has 0 radical (unpaired) electrons. The molecule has 19 heavy (non-hydrogen) atoms. The first kappa shape index (κ1) is 14.2. The van der Waals surface area contributed by atoms with Crippen molar-refractivity contribution in [2.45, 2.75) is 4.90 Å². The van der Waals surface area contributed by atoms with Crippen LogP contribution in [0.1, 0.15) is 0 Å². The molecular formula is C14H12ClF2NS. The highest BCUT2D eigenvalue weighted by Gasteiger charge is 2.03. The topological polar surface area (TPSA) is 12.0 Å². The second kappa shape index (κ2) is 6.78. The molecule has 0 amide bonds. The van der Waals surface area contributed by atoms with Gasteiger partial charge in [0, 0.05) is 17.2 Å². The van der Waals surface area contributed by atoms with Gasteiger partial charge in [0.1, 0.15) is 0 Å². The largest absolute Gasteiger partial charge is 0.383 e. The lowest BCUT2D eigenvalue weighted by Gasteiger charge is -2.08. The molecule has 1 nitrogen and oxygen atoms in total. The smallest absolute Gasteiger partial charge is 0.159 e. The van der Waals surface area contributed by atoms with E-state index in [9.17, 15) is 8.78 Å². The van der Waals surface area contributed by atoms with Crippen molar-refractivity contribution >= 4 is 29.1 Å². The summed E-state index contributed by atoms with van der Waals surface area (Å²) in [5.41, 5.74) is 0.870. The molecule has 2 aromatic rings. The molecule has 100 valence electrons. The van der Waals surface area contributed by atoms with Crippen molar-refractivity contribution in [3.8, 4) is 0 Å². The van der Waals surface area contributed by atoms with E-state index < -0.39 is 11.6 Å². The van der Waals surface area contributed by atoms with E-state index in [1.165, 1.54) is 17.8 Å². The second-order valence-electron chi connectivity index (χ2n) is 3.83. The predicted octanol–water partition coefficient (Wildman–Crippen LogP) is 4.82. The van der Waals surface area contributed by atoms with E-state index in [1.807, 2.05) is 24.3 Å². The molecule has 0 aliphatic heterocycles. The molecule has 2 rings (SSSR count). The number of hydrogen-bond acceptors (Lipinski definition) is 2. The number of hydrogen-bond donors (Lipinski definition) is 1. The first-order valence-electron chi connectivity index (χ1n) is 5.73. The fourth-order valence-corrected chi connectivity index (χ4v) is 2.52. The fraction of sp³-hybridized carbons (Fsp3) is 0.143. The van der Waals surface area contributed by atoms with Crippen molar-refractivity contribution in [3.63, 3.8) is 0 Å². The van der Waals surface area contributed by atoms with Crippen molar-refractivity contribution in [2.75, 3.05) is 17.6 Å². The van der Waals surface area contributed by atoms with Crippen LogP contribution in [0.25, 0.3) is 0 Å². The molecule has 0 heterocycles. The Kier molecular flexibility index (Phi) is 5.05. The minimum atomic E-state index is -0.821. The zero-order valence-electron chi connectivity index (χ0n) is 10.00. The van der Waals surface area contributed by atoms with Crippen molar-refractivity contribution in [3.05, 3.63) is 59.1 Å². The van der Waals surface area contributed by atoms with Crippen LogP contribution in [0.4, 0.5) is 14.5 Å². The number of halogens is 3. The van der Waals surface area contributed by atoms with Crippen molar-refractivity contribution in [2.24, 2.45) is 0 Å². The number of para-hydroxylation sites is 1. The van der Waals surface area contributed by atoms with E-state index in [-0.39, 0.29) is 0 Å². The van der Waals surface area contributed by atoms with Crippen molar-refractivity contribution in [1.82, 2.24) is 0 Å². The Balaban J connectivity index is 1.81. The highest BCUT2D eigenvalue weighted by atomic mass is 35.5. The third-order valence-electron chi connectivity index (χ3n) is 2.45. The number of nitrogens with one attached hydrogen (secondary N) is 1. The number of anilines is 1. The van der Waals surface area contributed by atoms with Crippen LogP contribution in [0.5, 0.6) is 0 Å². The van der Waals surface area contributed by atoms with Crippen LogP contribution >= 0.6 is 23.4 Å². The third kappa shape index (κ3) is 4.11. The van der Waals surface area contributed by atoms with Gasteiger partial charge in [-0.25, -0.2) is 8.78 Å². The van der Waals surface area contributed by atoms with Gasteiger partial charge in [0.05, 0.1) is 10.7 Å². The molecule has 2 aromatic carbocycles. The van der Waals surface area contributed by atoms with Gasteiger partial charge < -0.3 is 5.32 Å². The summed E-state index contributed by atoms with van der Waals surface area (Å²) < 4.78 is 25.7. The van der Waals surface area contributed by atoms with E-state index in [2.05, 4.69) is 5.32 Å². The molecule has 5 heteroatoms. The van der Waals surface area contributed by atoms with Gasteiger partial charge >= 0.3 is 0 Å². The van der Waals surface area contributed by atoms with Gasteiger partial charge in [0.2, 0.25) is 0 Å². The summed E-state index contributed by atoms with van der Waals surface area (Å²) >= 11 is 7.45. The Morgan fingerprint density at radius 1 is 1.05 bits per heavy atom. The molecule has 0 bridgehead atoms. The maximum atomic E-state index is 13.0. The zero-order chi connectivity index (χ0) is 13.7. The quantitative estimate of drug-likeness (QED) is 0.627. The Hall–Kier alpha value is -1.26. The summed E-state index contributed by atoms with van der Waals surface area (Å²) in [5, 5.41) is 3.86. The zero-order valence-corrected chi connectivity index (χ0v) is 11.6. The van der Waals surface area contributed by atoms with Crippen LogP contribution < -0.4 is 5.32 Å². The van der Waals surface area contributed by atoms with Crippen LogP contribution in [0.3, 0.4) is 0 Å². The standard InChI is InChI=1S/C14H12ClF2NS/c15-11-3-1-2-4-14(11)18-7-8-19-10-5-6-12(16)13(17)9-10/h1-6,9,18H,7-8H2. The van der Waals surface area contributed by atoms with Crippen LogP contribution in [0.15, 0.2) is 47.4 Å². The fourth-order valence-electron chi connectivity index (χ4n) is 1.53. The molecule has 1 N–H and O–H groups in total. The maximum absolute atomic E-state index is 13.0. The number of rotatable bonds is 5. The summed E-state index contributed by atoms with van der Waals surface area (Å²) in [4.78, 5) is 0.708. The molecule has 0 atom stereocenters. The molecule has 0 saturated heterocycles. The minimum absolute atomic E-state index is 0.667. The molecular weight excluding hydrogens is 288 g/mol. The molecule has 0 saturated carbocycles. The number of benzene rings is 2. The van der Waals surface area contributed by atoms with Gasteiger partial charge in [0.25, 0.3) is 0 Å². The van der Waals surface area contributed by atoms with E-state index in [4.69, 9.17) is 11.6 Å². The van der Waals surface area contributed by atoms with Crippen molar-refractivity contribution in [1.29, 1.82) is 0 Å². The van der Waals surface area contributed by atoms with Gasteiger partial charge in [-0.1, -0.05) is 23.7 Å². The molecule has 0 aliphatic rings. The molecule has 0 unspecified atom stereocenters. The number of thioether (sulfide) groups is 1. The summed E-state index contributed by atoms with van der Waals surface area (Å²) in [6.07, 6.45) is 0. The lowest BCUT2D eigenvalue weighted by molar-refractivity contribution is 0.506. The van der Waals surface area contributed by atoms with E-state index in [0.29, 0.717) is 16.5 Å². The van der Waals surface area contributed by atoms with Gasteiger partial charge in [-0.2, -0.15) is 0 Å². The van der Waals surface area contributed by atoms with E-state index in [1.54, 1.807) is 6.07 Å². The van der Waals surface area contributed by atoms with Gasteiger partial charge in [0.15, 0.2) is 11.6 Å². The lowest BCUT2D eigenvalue weighted by Crippen LogP contribution is -2.04. The molecule has 0 spiro atoms. The summed E-state index contributed by atoms with van der Waals surface area (Å²) in [5.74, 6) is -0.904. The van der Waals surface area contributed by atoms with Crippen LogP contribution in [-0.2, 0) is 0 Å². The monoisotopic (exact) mass is 299 g/mol. The van der Waals surface area contributed by atoms with Gasteiger partial charge in [-0.3, -0.25) is 0 Å². The predicted molar refractivity (Wildman–Crippen MR) is 77.0 cm³/mol. The second-order valence-corrected chi connectivity index (χ2v) is 5.41. The molecule has 0 fully saturated rings. The highest BCUT2D eigenvalue weighted by Crippen LogP contribution is 2.22. The van der Waals surface area contributed by atoms with Gasteiger partial charge in [-0.05, 0) is 30.3 Å². The van der Waals surface area contributed by atoms with Crippen molar-refractivity contribution < 1.29 is 8.78 Å².